The topological polar surface area (TPSA) is 66.4 Å². The molecule has 6 nitrogen and oxygen atoms in total. The van der Waals surface area contributed by atoms with Crippen molar-refractivity contribution in [2.24, 2.45) is 0 Å². The van der Waals surface area contributed by atoms with E-state index in [0.29, 0.717) is 12.1 Å². The second-order valence-electron chi connectivity index (χ2n) is 8.01. The Morgan fingerprint density at radius 1 is 0.903 bits per heavy atom. The Hall–Kier alpha value is -3.54. The van der Waals surface area contributed by atoms with Gasteiger partial charge in [-0.05, 0) is 80.8 Å². The number of likely N-dealkylation sites (tertiary alicyclic amines) is 1. The van der Waals surface area contributed by atoms with Gasteiger partial charge in [0.25, 0.3) is 5.91 Å². The molecule has 0 spiro atoms. The second kappa shape index (κ2) is 9.08. The number of rotatable bonds is 5. The van der Waals surface area contributed by atoms with Gasteiger partial charge in [0.1, 0.15) is 0 Å². The van der Waals surface area contributed by atoms with Gasteiger partial charge in [0, 0.05) is 48.0 Å². The van der Waals surface area contributed by atoms with Crippen LogP contribution in [-0.4, -0.2) is 34.5 Å². The Bertz CT molecular complexity index is 1060. The van der Waals surface area contributed by atoms with Crippen LogP contribution in [0.15, 0.2) is 60.7 Å². The molecule has 1 aliphatic rings. The first-order valence-electron chi connectivity index (χ1n) is 10.7. The highest BCUT2D eigenvalue weighted by Crippen LogP contribution is 2.17. The van der Waals surface area contributed by atoms with Gasteiger partial charge in [0.2, 0.25) is 0 Å². The average molecular weight is 417 g/mol. The van der Waals surface area contributed by atoms with Crippen molar-refractivity contribution in [2.75, 3.05) is 18.4 Å². The molecule has 1 aromatic heterocycles. The summed E-state index contributed by atoms with van der Waals surface area (Å²) >= 11 is 0. The van der Waals surface area contributed by atoms with Crippen molar-refractivity contribution < 1.29 is 9.59 Å². The first-order valence-corrected chi connectivity index (χ1v) is 10.7. The molecule has 31 heavy (non-hydrogen) atoms. The molecule has 6 heteroatoms. The molecule has 0 atom stereocenters. The minimum atomic E-state index is -0.126. The summed E-state index contributed by atoms with van der Waals surface area (Å²) in [5.74, 6) is -0.126. The number of nitrogens with zero attached hydrogens (tertiary/aromatic N) is 2. The Morgan fingerprint density at radius 3 is 2.26 bits per heavy atom. The van der Waals surface area contributed by atoms with Crippen LogP contribution in [-0.2, 0) is 6.54 Å². The first kappa shape index (κ1) is 20.7. The van der Waals surface area contributed by atoms with Crippen LogP contribution in [0.2, 0.25) is 0 Å². The molecule has 2 heterocycles. The second-order valence-corrected chi connectivity index (χ2v) is 8.01. The normalized spacial score (nSPS) is 13.3. The molecular weight excluding hydrogens is 388 g/mol. The number of benzene rings is 2. The van der Waals surface area contributed by atoms with Crippen molar-refractivity contribution >= 4 is 17.6 Å². The number of carbonyl (C=O) groups excluding carboxylic acids is 2. The summed E-state index contributed by atoms with van der Waals surface area (Å²) in [5.41, 5.74) is 5.65. The minimum Gasteiger partial charge on any atom is -0.348 e. The largest absolute Gasteiger partial charge is 0.348 e. The molecule has 0 bridgehead atoms. The summed E-state index contributed by atoms with van der Waals surface area (Å²) in [6, 6.07) is 19.3. The third kappa shape index (κ3) is 4.79. The molecule has 0 saturated carbocycles. The molecule has 0 unspecified atom stereocenters. The van der Waals surface area contributed by atoms with E-state index in [1.807, 2.05) is 53.4 Å². The van der Waals surface area contributed by atoms with E-state index in [1.165, 1.54) is 0 Å². The van der Waals surface area contributed by atoms with Crippen molar-refractivity contribution in [1.29, 1.82) is 0 Å². The summed E-state index contributed by atoms with van der Waals surface area (Å²) < 4.78 is 2.16. The van der Waals surface area contributed by atoms with E-state index < -0.39 is 0 Å². The predicted molar refractivity (Wildman–Crippen MR) is 123 cm³/mol. The zero-order valence-electron chi connectivity index (χ0n) is 18.0. The highest BCUT2D eigenvalue weighted by molar-refractivity contribution is 5.94. The van der Waals surface area contributed by atoms with Crippen LogP contribution >= 0.6 is 0 Å². The maximum Gasteiger partial charge on any atom is 0.321 e. The SMILES string of the molecule is Cc1ccc(C)n1-c1ccc(C(=O)NCc2cccc(NC(=O)N3CCCC3)c2)cc1. The number of hydrogen-bond acceptors (Lipinski definition) is 2. The van der Waals surface area contributed by atoms with E-state index in [9.17, 15) is 9.59 Å². The number of amides is 3. The number of nitrogens with one attached hydrogen (secondary N) is 2. The number of aromatic nitrogens is 1. The summed E-state index contributed by atoms with van der Waals surface area (Å²) in [7, 11) is 0. The van der Waals surface area contributed by atoms with Gasteiger partial charge in [0.05, 0.1) is 0 Å². The lowest BCUT2D eigenvalue weighted by molar-refractivity contribution is 0.0951. The van der Waals surface area contributed by atoms with Crippen LogP contribution in [0.25, 0.3) is 5.69 Å². The number of anilines is 1. The lowest BCUT2D eigenvalue weighted by atomic mass is 10.1. The third-order valence-electron chi connectivity index (χ3n) is 5.68. The molecule has 2 N–H and O–H groups in total. The summed E-state index contributed by atoms with van der Waals surface area (Å²) in [6.45, 7) is 6.14. The smallest absolute Gasteiger partial charge is 0.321 e. The highest BCUT2D eigenvalue weighted by atomic mass is 16.2. The van der Waals surface area contributed by atoms with Crippen molar-refractivity contribution in [1.82, 2.24) is 14.8 Å². The van der Waals surface area contributed by atoms with Crippen LogP contribution in [0.3, 0.4) is 0 Å². The summed E-state index contributed by atoms with van der Waals surface area (Å²) in [5, 5.41) is 5.90. The Balaban J connectivity index is 1.36. The van der Waals surface area contributed by atoms with E-state index in [1.54, 1.807) is 0 Å². The fourth-order valence-electron chi connectivity index (χ4n) is 4.00. The van der Waals surface area contributed by atoms with Crippen molar-refractivity contribution in [3.8, 4) is 5.69 Å². The Kier molecular flexibility index (Phi) is 6.07. The van der Waals surface area contributed by atoms with Crippen LogP contribution < -0.4 is 10.6 Å². The van der Waals surface area contributed by atoms with Crippen LogP contribution in [0.5, 0.6) is 0 Å². The maximum absolute atomic E-state index is 12.6. The molecule has 0 radical (unpaired) electrons. The quantitative estimate of drug-likeness (QED) is 0.636. The van der Waals surface area contributed by atoms with Gasteiger partial charge in [0.15, 0.2) is 0 Å². The Morgan fingerprint density at radius 2 is 1.58 bits per heavy atom. The van der Waals surface area contributed by atoms with Gasteiger partial charge in [-0.15, -0.1) is 0 Å². The molecular formula is C25H28N4O2. The lowest BCUT2D eigenvalue weighted by Gasteiger charge is -2.16. The molecule has 3 amide bonds. The molecule has 1 aliphatic heterocycles. The van der Waals surface area contributed by atoms with E-state index >= 15 is 0 Å². The minimum absolute atomic E-state index is 0.0630. The number of aryl methyl sites for hydroxylation is 2. The number of urea groups is 1. The third-order valence-corrected chi connectivity index (χ3v) is 5.68. The molecule has 3 aromatic rings. The van der Waals surface area contributed by atoms with Gasteiger partial charge in [-0.2, -0.15) is 0 Å². The van der Waals surface area contributed by atoms with Gasteiger partial charge >= 0.3 is 6.03 Å². The van der Waals surface area contributed by atoms with Crippen LogP contribution in [0.1, 0.15) is 40.2 Å². The molecule has 160 valence electrons. The standard InChI is InChI=1S/C25H28N4O2/c1-18-8-9-19(2)29(18)23-12-10-21(11-13-23)24(30)26-17-20-6-5-7-22(16-20)27-25(31)28-14-3-4-15-28/h5-13,16H,3-4,14-15,17H2,1-2H3,(H,26,30)(H,27,31). The Labute approximate surface area is 182 Å². The fraction of sp³-hybridized carbons (Fsp3) is 0.280. The van der Waals surface area contributed by atoms with E-state index in [2.05, 4.69) is 41.2 Å². The van der Waals surface area contributed by atoms with Gasteiger partial charge < -0.3 is 20.1 Å². The molecule has 0 aliphatic carbocycles. The summed E-state index contributed by atoms with van der Waals surface area (Å²) in [6.07, 6.45) is 2.12. The number of carbonyl (C=O) groups is 2. The lowest BCUT2D eigenvalue weighted by Crippen LogP contribution is -2.32. The zero-order valence-corrected chi connectivity index (χ0v) is 18.0. The van der Waals surface area contributed by atoms with Crippen LogP contribution in [0, 0.1) is 13.8 Å². The van der Waals surface area contributed by atoms with E-state index in [-0.39, 0.29) is 11.9 Å². The highest BCUT2D eigenvalue weighted by Gasteiger charge is 2.17. The average Bonchev–Trinajstić information content (AvgIpc) is 3.43. The van der Waals surface area contributed by atoms with E-state index in [0.717, 1.165) is 54.3 Å². The monoisotopic (exact) mass is 416 g/mol. The predicted octanol–water partition coefficient (Wildman–Crippen LogP) is 4.65. The van der Waals surface area contributed by atoms with Gasteiger partial charge in [-0.25, -0.2) is 4.79 Å². The molecule has 1 fully saturated rings. The maximum atomic E-state index is 12.6. The molecule has 1 saturated heterocycles. The van der Waals surface area contributed by atoms with Crippen molar-refractivity contribution in [3.63, 3.8) is 0 Å². The first-order chi connectivity index (χ1) is 15.0. The van der Waals surface area contributed by atoms with Gasteiger partial charge in [-0.3, -0.25) is 4.79 Å². The van der Waals surface area contributed by atoms with E-state index in [4.69, 9.17) is 0 Å². The van der Waals surface area contributed by atoms with Crippen LogP contribution in [0.4, 0.5) is 10.5 Å². The van der Waals surface area contributed by atoms with Crippen molar-refractivity contribution in [3.05, 3.63) is 83.2 Å². The zero-order chi connectivity index (χ0) is 21.8. The summed E-state index contributed by atoms with van der Waals surface area (Å²) in [4.78, 5) is 26.7. The number of hydrogen-bond donors (Lipinski definition) is 2. The molecule has 2 aromatic carbocycles. The van der Waals surface area contributed by atoms with Gasteiger partial charge in [-0.1, -0.05) is 12.1 Å². The van der Waals surface area contributed by atoms with Crippen molar-refractivity contribution in [2.45, 2.75) is 33.2 Å². The molecule has 4 rings (SSSR count). The fourth-order valence-corrected chi connectivity index (χ4v) is 4.00.